The van der Waals surface area contributed by atoms with Gasteiger partial charge in [-0.25, -0.2) is 8.42 Å². The molecule has 0 N–H and O–H groups in total. The second-order valence-electron chi connectivity index (χ2n) is 5.80. The van der Waals surface area contributed by atoms with Gasteiger partial charge in [0.2, 0.25) is 15.9 Å². The topological polar surface area (TPSA) is 70.6 Å². The smallest absolute Gasteiger partial charge is 0.244 e. The van der Waals surface area contributed by atoms with Gasteiger partial charge in [0.15, 0.2) is 0 Å². The molecule has 140 valence electrons. The zero-order chi connectivity index (χ0) is 19.5. The zero-order valence-corrected chi connectivity index (χ0v) is 16.9. The average molecular weight is 416 g/mol. The van der Waals surface area contributed by atoms with Gasteiger partial charge in [0.1, 0.15) is 4.90 Å². The number of likely N-dealkylation sites (N-methyl/N-ethyl adjacent to an activating group) is 2. The molecule has 1 aromatic heterocycles. The molecular weight excluding hydrogens is 397 g/mol. The monoisotopic (exact) mass is 415 g/mol. The Morgan fingerprint density at radius 2 is 1.92 bits per heavy atom. The second-order valence-corrected chi connectivity index (χ2v) is 8.68. The van der Waals surface area contributed by atoms with Crippen molar-refractivity contribution in [3.05, 3.63) is 58.3 Å². The van der Waals surface area contributed by atoms with Gasteiger partial charge < -0.3 is 4.90 Å². The second kappa shape index (κ2) is 8.35. The Bertz CT molecular complexity index is 891. The molecule has 0 saturated heterocycles. The summed E-state index contributed by atoms with van der Waals surface area (Å²) >= 11 is 12.1. The number of sulfonamides is 1. The molecule has 1 amide bonds. The average Bonchev–Trinajstić information content (AvgIpc) is 2.61. The van der Waals surface area contributed by atoms with Gasteiger partial charge in [-0.1, -0.05) is 29.3 Å². The van der Waals surface area contributed by atoms with Gasteiger partial charge in [-0.15, -0.1) is 0 Å². The number of hydrogen-bond donors (Lipinski definition) is 0. The van der Waals surface area contributed by atoms with Crippen molar-refractivity contribution in [3.8, 4) is 0 Å². The van der Waals surface area contributed by atoms with E-state index < -0.39 is 10.0 Å². The number of carbonyl (C=O) groups excluding carboxylic acids is 1. The Kier molecular flexibility index (Phi) is 6.63. The molecule has 1 heterocycles. The first-order valence-electron chi connectivity index (χ1n) is 7.71. The minimum atomic E-state index is -3.79. The summed E-state index contributed by atoms with van der Waals surface area (Å²) < 4.78 is 26.0. The van der Waals surface area contributed by atoms with Crippen LogP contribution >= 0.6 is 23.2 Å². The van der Waals surface area contributed by atoms with Crippen LogP contribution in [0, 0.1) is 0 Å². The predicted molar refractivity (Wildman–Crippen MR) is 102 cm³/mol. The number of nitrogens with zero attached hydrogens (tertiary/aromatic N) is 3. The molecule has 1 unspecified atom stereocenters. The van der Waals surface area contributed by atoms with Gasteiger partial charge in [-0.05, 0) is 36.8 Å². The Balaban J connectivity index is 2.13. The van der Waals surface area contributed by atoms with E-state index in [-0.39, 0.29) is 23.4 Å². The summed E-state index contributed by atoms with van der Waals surface area (Å²) in [6.07, 6.45) is 2.73. The van der Waals surface area contributed by atoms with Gasteiger partial charge in [-0.2, -0.15) is 4.31 Å². The number of pyridine rings is 1. The van der Waals surface area contributed by atoms with Gasteiger partial charge in [0.05, 0.1) is 12.6 Å². The highest BCUT2D eigenvalue weighted by molar-refractivity contribution is 7.89. The van der Waals surface area contributed by atoms with Crippen LogP contribution in [0.2, 0.25) is 10.0 Å². The number of carbonyl (C=O) groups is 1. The van der Waals surface area contributed by atoms with Crippen molar-refractivity contribution in [1.29, 1.82) is 0 Å². The molecular formula is C17H19Cl2N3O3S. The molecule has 26 heavy (non-hydrogen) atoms. The van der Waals surface area contributed by atoms with Crippen LogP contribution in [0.3, 0.4) is 0 Å². The Morgan fingerprint density at radius 1 is 1.23 bits per heavy atom. The van der Waals surface area contributed by atoms with Gasteiger partial charge in [0.25, 0.3) is 0 Å². The fourth-order valence-corrected chi connectivity index (χ4v) is 3.98. The van der Waals surface area contributed by atoms with Crippen molar-refractivity contribution < 1.29 is 13.2 Å². The summed E-state index contributed by atoms with van der Waals surface area (Å²) in [5.74, 6) is -0.363. The van der Waals surface area contributed by atoms with E-state index in [1.807, 2.05) is 6.92 Å². The number of amides is 1. The number of hydrogen-bond acceptors (Lipinski definition) is 4. The molecule has 0 aliphatic carbocycles. The molecule has 1 atom stereocenters. The molecule has 0 aliphatic rings. The number of rotatable bonds is 6. The largest absolute Gasteiger partial charge is 0.338 e. The Morgan fingerprint density at radius 3 is 2.50 bits per heavy atom. The van der Waals surface area contributed by atoms with E-state index >= 15 is 0 Å². The highest BCUT2D eigenvalue weighted by Crippen LogP contribution is 2.29. The van der Waals surface area contributed by atoms with E-state index in [2.05, 4.69) is 4.98 Å². The molecule has 0 saturated carbocycles. The molecule has 9 heteroatoms. The van der Waals surface area contributed by atoms with Crippen molar-refractivity contribution in [2.75, 3.05) is 20.6 Å². The van der Waals surface area contributed by atoms with E-state index in [1.54, 1.807) is 25.2 Å². The maximum absolute atomic E-state index is 12.6. The van der Waals surface area contributed by atoms with Crippen LogP contribution in [0.4, 0.5) is 0 Å². The third-order valence-electron chi connectivity index (χ3n) is 4.09. The van der Waals surface area contributed by atoms with E-state index in [4.69, 9.17) is 23.2 Å². The van der Waals surface area contributed by atoms with Crippen molar-refractivity contribution in [1.82, 2.24) is 14.2 Å². The number of benzene rings is 1. The van der Waals surface area contributed by atoms with Gasteiger partial charge >= 0.3 is 0 Å². The van der Waals surface area contributed by atoms with Crippen LogP contribution in [0.5, 0.6) is 0 Å². The molecule has 6 nitrogen and oxygen atoms in total. The van der Waals surface area contributed by atoms with E-state index in [9.17, 15) is 13.2 Å². The molecule has 0 radical (unpaired) electrons. The fourth-order valence-electron chi connectivity index (χ4n) is 2.33. The van der Waals surface area contributed by atoms with Crippen LogP contribution in [0.25, 0.3) is 0 Å². The van der Waals surface area contributed by atoms with Crippen molar-refractivity contribution >= 4 is 39.1 Å². The first-order chi connectivity index (χ1) is 12.1. The van der Waals surface area contributed by atoms with Crippen molar-refractivity contribution in [2.45, 2.75) is 17.9 Å². The number of aromatic nitrogens is 1. The van der Waals surface area contributed by atoms with Crippen molar-refractivity contribution in [3.63, 3.8) is 0 Å². The van der Waals surface area contributed by atoms with E-state index in [0.29, 0.717) is 10.0 Å². The van der Waals surface area contributed by atoms with Crippen LogP contribution in [-0.2, 0) is 14.8 Å². The molecule has 0 fully saturated rings. The summed E-state index contributed by atoms with van der Waals surface area (Å²) in [5, 5.41) is 0.947. The third kappa shape index (κ3) is 4.54. The van der Waals surface area contributed by atoms with E-state index in [0.717, 1.165) is 9.87 Å². The Labute approximate surface area is 163 Å². The van der Waals surface area contributed by atoms with Gasteiger partial charge in [0, 0.05) is 36.5 Å². The first kappa shape index (κ1) is 20.6. The minimum absolute atomic E-state index is 0.0340. The summed E-state index contributed by atoms with van der Waals surface area (Å²) in [6.45, 7) is 1.51. The van der Waals surface area contributed by atoms with Crippen LogP contribution < -0.4 is 0 Å². The van der Waals surface area contributed by atoms with Crippen LogP contribution in [-0.4, -0.2) is 49.2 Å². The third-order valence-corrected chi connectivity index (χ3v) is 6.44. The Hall–Kier alpha value is -1.67. The molecule has 1 aromatic carbocycles. The molecule has 0 spiro atoms. The lowest BCUT2D eigenvalue weighted by Crippen LogP contribution is -2.40. The lowest BCUT2D eigenvalue weighted by Gasteiger charge is -2.28. The lowest BCUT2D eigenvalue weighted by atomic mass is 10.1. The quantitative estimate of drug-likeness (QED) is 0.725. The summed E-state index contributed by atoms with van der Waals surface area (Å²) in [5.41, 5.74) is 0.727. The zero-order valence-electron chi connectivity index (χ0n) is 14.6. The molecule has 2 rings (SSSR count). The maximum Gasteiger partial charge on any atom is 0.244 e. The predicted octanol–water partition coefficient (Wildman–Crippen LogP) is 3.23. The normalized spacial score (nSPS) is 12.8. The van der Waals surface area contributed by atoms with Gasteiger partial charge in [-0.3, -0.25) is 9.78 Å². The SMILES string of the molecule is CC(c1ccc(Cl)cc1Cl)N(C)C(=O)CN(C)S(=O)(=O)c1cccnc1. The summed E-state index contributed by atoms with van der Waals surface area (Å²) in [4.78, 5) is 17.8. The fraction of sp³-hybridized carbons (Fsp3) is 0.294. The first-order valence-corrected chi connectivity index (χ1v) is 9.91. The van der Waals surface area contributed by atoms with Crippen LogP contribution in [0.1, 0.15) is 18.5 Å². The minimum Gasteiger partial charge on any atom is -0.338 e. The summed E-state index contributed by atoms with van der Waals surface area (Å²) in [7, 11) is -0.837. The lowest BCUT2D eigenvalue weighted by molar-refractivity contribution is -0.131. The molecule has 0 aliphatic heterocycles. The standard InChI is InChI=1S/C17H19Cl2N3O3S/c1-12(15-7-6-13(18)9-16(15)19)22(3)17(23)11-21(2)26(24,25)14-5-4-8-20-10-14/h4-10,12H,11H2,1-3H3. The highest BCUT2D eigenvalue weighted by Gasteiger charge is 2.26. The van der Waals surface area contributed by atoms with Crippen molar-refractivity contribution in [2.24, 2.45) is 0 Å². The number of halogens is 2. The summed E-state index contributed by atoms with van der Waals surface area (Å²) in [6, 6.07) is 7.65. The highest BCUT2D eigenvalue weighted by atomic mass is 35.5. The van der Waals surface area contributed by atoms with E-state index in [1.165, 1.54) is 36.5 Å². The van der Waals surface area contributed by atoms with Crippen LogP contribution in [0.15, 0.2) is 47.6 Å². The molecule has 2 aromatic rings. The molecule has 0 bridgehead atoms. The maximum atomic E-state index is 12.6.